The maximum absolute atomic E-state index is 13.9. The van der Waals surface area contributed by atoms with E-state index in [-0.39, 0.29) is 0 Å². The molecule has 0 amide bonds. The average Bonchev–Trinajstić information content (AvgIpc) is 3.28. The number of rotatable bonds is 2. The predicted octanol–water partition coefficient (Wildman–Crippen LogP) is 3.60. The highest BCUT2D eigenvalue weighted by Gasteiger charge is 2.24. The molecular formula is C22H19F2N7. The Morgan fingerprint density at radius 3 is 2.77 bits per heavy atom. The molecule has 31 heavy (non-hydrogen) atoms. The van der Waals surface area contributed by atoms with Gasteiger partial charge < -0.3 is 9.80 Å². The van der Waals surface area contributed by atoms with E-state index in [2.05, 4.69) is 30.9 Å². The number of aromatic nitrogens is 5. The fourth-order valence-corrected chi connectivity index (χ4v) is 4.51. The van der Waals surface area contributed by atoms with Crippen molar-refractivity contribution in [3.63, 3.8) is 0 Å². The van der Waals surface area contributed by atoms with E-state index in [1.807, 2.05) is 23.1 Å². The molecule has 5 heterocycles. The number of benzene rings is 1. The van der Waals surface area contributed by atoms with Crippen LogP contribution in [0.3, 0.4) is 0 Å². The lowest BCUT2D eigenvalue weighted by Gasteiger charge is -2.33. The molecule has 0 bridgehead atoms. The average molecular weight is 419 g/mol. The number of hydrogen-bond acceptors (Lipinski definition) is 6. The molecule has 2 aliphatic heterocycles. The Morgan fingerprint density at radius 2 is 1.84 bits per heavy atom. The predicted molar refractivity (Wildman–Crippen MR) is 112 cm³/mol. The smallest absolute Gasteiger partial charge is 0.161 e. The number of pyridine rings is 1. The maximum Gasteiger partial charge on any atom is 0.161 e. The lowest BCUT2D eigenvalue weighted by Crippen LogP contribution is -2.33. The monoisotopic (exact) mass is 419 g/mol. The van der Waals surface area contributed by atoms with Crippen LogP contribution in [0.15, 0.2) is 43.0 Å². The van der Waals surface area contributed by atoms with Gasteiger partial charge in [-0.2, -0.15) is 5.10 Å². The highest BCUT2D eigenvalue weighted by molar-refractivity contribution is 5.89. The van der Waals surface area contributed by atoms with E-state index in [9.17, 15) is 8.78 Å². The molecule has 1 aromatic carbocycles. The summed E-state index contributed by atoms with van der Waals surface area (Å²) in [5, 5.41) is 4.90. The van der Waals surface area contributed by atoms with E-state index < -0.39 is 11.6 Å². The normalized spacial score (nSPS) is 15.8. The lowest BCUT2D eigenvalue weighted by atomic mass is 10.0. The van der Waals surface area contributed by atoms with E-state index in [0.717, 1.165) is 54.8 Å². The van der Waals surface area contributed by atoms with Crippen LogP contribution in [-0.2, 0) is 19.5 Å². The summed E-state index contributed by atoms with van der Waals surface area (Å²) in [5.74, 6) is -0.127. The van der Waals surface area contributed by atoms with Crippen LogP contribution in [0.1, 0.15) is 17.7 Å². The zero-order valence-corrected chi connectivity index (χ0v) is 16.7. The first kappa shape index (κ1) is 18.2. The van der Waals surface area contributed by atoms with E-state index in [1.165, 1.54) is 12.4 Å². The SMILES string of the molecule is Fc1cc2ncnc(N3CCc4ncc(N5CCCn6nccc65)cc4C3)c2cc1F. The Kier molecular flexibility index (Phi) is 4.09. The Morgan fingerprint density at radius 1 is 0.935 bits per heavy atom. The Balaban J connectivity index is 1.36. The molecule has 156 valence electrons. The zero-order chi connectivity index (χ0) is 20.9. The third-order valence-electron chi connectivity index (χ3n) is 6.02. The molecule has 0 spiro atoms. The molecule has 6 rings (SSSR count). The van der Waals surface area contributed by atoms with Gasteiger partial charge in [0.2, 0.25) is 0 Å². The van der Waals surface area contributed by atoms with Gasteiger partial charge >= 0.3 is 0 Å². The summed E-state index contributed by atoms with van der Waals surface area (Å²) in [7, 11) is 0. The van der Waals surface area contributed by atoms with Gasteiger partial charge in [0.25, 0.3) is 0 Å². The van der Waals surface area contributed by atoms with Gasteiger partial charge in [-0.15, -0.1) is 0 Å². The van der Waals surface area contributed by atoms with Crippen LogP contribution >= 0.6 is 0 Å². The molecule has 4 aromatic rings. The third-order valence-corrected chi connectivity index (χ3v) is 6.02. The van der Waals surface area contributed by atoms with Crippen LogP contribution in [0.4, 0.5) is 26.1 Å². The standard InChI is InChI=1S/C22H19F2N7/c23-17-9-16-20(10-18(17)24)26-13-27-22(16)29-7-3-19-14(12-29)8-15(11-25-19)30-5-1-6-31-21(30)2-4-28-31/h2,4,8-11,13H,1,3,5-7,12H2. The molecule has 7 nitrogen and oxygen atoms in total. The van der Waals surface area contributed by atoms with Crippen molar-refractivity contribution in [1.82, 2.24) is 24.7 Å². The van der Waals surface area contributed by atoms with Crippen molar-refractivity contribution in [3.05, 3.63) is 65.9 Å². The van der Waals surface area contributed by atoms with Crippen molar-refractivity contribution in [2.75, 3.05) is 22.9 Å². The van der Waals surface area contributed by atoms with Gasteiger partial charge in [-0.1, -0.05) is 0 Å². The number of anilines is 3. The summed E-state index contributed by atoms with van der Waals surface area (Å²) < 4.78 is 29.6. The minimum absolute atomic E-state index is 0.392. The number of hydrogen-bond donors (Lipinski definition) is 0. The molecule has 0 fully saturated rings. The van der Waals surface area contributed by atoms with Crippen LogP contribution in [-0.4, -0.2) is 37.8 Å². The quantitative estimate of drug-likeness (QED) is 0.495. The fourth-order valence-electron chi connectivity index (χ4n) is 4.51. The first-order valence-corrected chi connectivity index (χ1v) is 10.3. The molecule has 2 aliphatic rings. The second-order valence-corrected chi connectivity index (χ2v) is 7.87. The number of aryl methyl sites for hydroxylation is 1. The summed E-state index contributed by atoms with van der Waals surface area (Å²) in [5.41, 5.74) is 3.58. The molecular weight excluding hydrogens is 400 g/mol. The largest absolute Gasteiger partial charge is 0.351 e. The molecule has 0 saturated heterocycles. The third kappa shape index (κ3) is 2.99. The van der Waals surface area contributed by atoms with E-state index in [0.29, 0.717) is 29.8 Å². The van der Waals surface area contributed by atoms with Crippen molar-refractivity contribution in [2.45, 2.75) is 25.9 Å². The minimum atomic E-state index is -0.907. The number of halogens is 2. The summed E-state index contributed by atoms with van der Waals surface area (Å²) in [6, 6.07) is 6.48. The minimum Gasteiger partial charge on any atom is -0.351 e. The molecule has 0 radical (unpaired) electrons. The van der Waals surface area contributed by atoms with Crippen LogP contribution in [0.25, 0.3) is 10.9 Å². The maximum atomic E-state index is 13.9. The van der Waals surface area contributed by atoms with Gasteiger partial charge in [-0.25, -0.2) is 23.4 Å². The second kappa shape index (κ2) is 6.97. The molecule has 0 aliphatic carbocycles. The Hall–Kier alpha value is -3.62. The molecule has 0 saturated carbocycles. The fraction of sp³-hybridized carbons (Fsp3) is 0.273. The van der Waals surface area contributed by atoms with Gasteiger partial charge in [0.05, 0.1) is 23.6 Å². The van der Waals surface area contributed by atoms with Crippen molar-refractivity contribution in [2.24, 2.45) is 0 Å². The van der Waals surface area contributed by atoms with Gasteiger partial charge in [-0.3, -0.25) is 4.98 Å². The first-order valence-electron chi connectivity index (χ1n) is 10.3. The highest BCUT2D eigenvalue weighted by atomic mass is 19.2. The summed E-state index contributed by atoms with van der Waals surface area (Å²) >= 11 is 0. The van der Waals surface area contributed by atoms with E-state index in [1.54, 1.807) is 0 Å². The molecule has 0 N–H and O–H groups in total. The topological polar surface area (TPSA) is 63.0 Å². The van der Waals surface area contributed by atoms with Gasteiger partial charge in [-0.05, 0) is 24.1 Å². The van der Waals surface area contributed by atoms with Crippen molar-refractivity contribution >= 4 is 28.2 Å². The van der Waals surface area contributed by atoms with Crippen molar-refractivity contribution < 1.29 is 8.78 Å². The van der Waals surface area contributed by atoms with Crippen LogP contribution < -0.4 is 9.80 Å². The molecule has 3 aromatic heterocycles. The summed E-state index contributed by atoms with van der Waals surface area (Å²) in [6.45, 7) is 3.12. The van der Waals surface area contributed by atoms with Gasteiger partial charge in [0.1, 0.15) is 18.0 Å². The van der Waals surface area contributed by atoms with Crippen molar-refractivity contribution in [1.29, 1.82) is 0 Å². The van der Waals surface area contributed by atoms with Crippen LogP contribution in [0.2, 0.25) is 0 Å². The Bertz CT molecular complexity index is 1300. The van der Waals surface area contributed by atoms with E-state index in [4.69, 9.17) is 4.98 Å². The van der Waals surface area contributed by atoms with E-state index >= 15 is 0 Å². The summed E-state index contributed by atoms with van der Waals surface area (Å²) in [4.78, 5) is 17.5. The Labute approximate surface area is 177 Å². The highest BCUT2D eigenvalue weighted by Crippen LogP contribution is 2.33. The zero-order valence-electron chi connectivity index (χ0n) is 16.7. The lowest BCUT2D eigenvalue weighted by molar-refractivity contribution is 0.510. The first-order chi connectivity index (χ1) is 15.2. The number of nitrogens with zero attached hydrogens (tertiary/aromatic N) is 7. The molecule has 9 heteroatoms. The molecule has 0 atom stereocenters. The summed E-state index contributed by atoms with van der Waals surface area (Å²) in [6.07, 6.45) is 6.92. The van der Waals surface area contributed by atoms with Crippen LogP contribution in [0, 0.1) is 11.6 Å². The van der Waals surface area contributed by atoms with Gasteiger partial charge in [0.15, 0.2) is 11.6 Å². The second-order valence-electron chi connectivity index (χ2n) is 7.87. The van der Waals surface area contributed by atoms with Gasteiger partial charge in [0, 0.05) is 55.8 Å². The molecule has 0 unspecified atom stereocenters. The number of fused-ring (bicyclic) bond motifs is 3. The van der Waals surface area contributed by atoms with Crippen molar-refractivity contribution in [3.8, 4) is 0 Å². The van der Waals surface area contributed by atoms with Crippen LogP contribution in [0.5, 0.6) is 0 Å².